The Morgan fingerprint density at radius 1 is 1.50 bits per heavy atom. The van der Waals surface area contributed by atoms with Crippen LogP contribution in [0.25, 0.3) is 0 Å². The molecule has 0 bridgehead atoms. The molecule has 4 nitrogen and oxygen atoms in total. The summed E-state index contributed by atoms with van der Waals surface area (Å²) < 4.78 is 0. The number of nitrogens with two attached hydrogens (primary N) is 1. The van der Waals surface area contributed by atoms with E-state index in [-0.39, 0.29) is 5.91 Å². The van der Waals surface area contributed by atoms with Crippen molar-refractivity contribution in [1.82, 2.24) is 10.2 Å². The lowest BCUT2D eigenvalue weighted by molar-refractivity contribution is -0.124. The van der Waals surface area contributed by atoms with Gasteiger partial charge in [0.05, 0.1) is 0 Å². The molecular weight excluding hydrogens is 202 g/mol. The van der Waals surface area contributed by atoms with E-state index in [1.165, 1.54) is 12.8 Å². The zero-order chi connectivity index (χ0) is 11.9. The summed E-state index contributed by atoms with van der Waals surface area (Å²) in [5, 5.41) is 3.38. The second-order valence-electron chi connectivity index (χ2n) is 5.70. The highest BCUT2D eigenvalue weighted by Crippen LogP contribution is 2.37. The Morgan fingerprint density at radius 2 is 2.12 bits per heavy atom. The predicted molar refractivity (Wildman–Crippen MR) is 64.0 cm³/mol. The molecule has 1 aliphatic heterocycles. The first kappa shape index (κ1) is 11.9. The van der Waals surface area contributed by atoms with E-state index in [1.54, 1.807) is 0 Å². The van der Waals surface area contributed by atoms with Crippen molar-refractivity contribution in [3.63, 3.8) is 0 Å². The lowest BCUT2D eigenvalue weighted by Gasteiger charge is -2.29. The Hall–Kier alpha value is -0.610. The number of hydrogen-bond donors (Lipinski definition) is 2. The maximum Gasteiger partial charge on any atom is 0.239 e. The van der Waals surface area contributed by atoms with E-state index in [9.17, 15) is 4.79 Å². The Morgan fingerprint density at radius 3 is 2.56 bits per heavy atom. The van der Waals surface area contributed by atoms with Crippen molar-refractivity contribution >= 4 is 5.91 Å². The van der Waals surface area contributed by atoms with Gasteiger partial charge in [-0.15, -0.1) is 0 Å². The Bertz CT molecular complexity index is 288. The molecule has 1 aliphatic carbocycles. The number of rotatable bonds is 4. The van der Waals surface area contributed by atoms with Gasteiger partial charge in [-0.2, -0.15) is 0 Å². The van der Waals surface area contributed by atoms with Gasteiger partial charge in [-0.05, 0) is 40.0 Å². The molecule has 1 saturated carbocycles. The van der Waals surface area contributed by atoms with Crippen molar-refractivity contribution in [3.8, 4) is 0 Å². The summed E-state index contributed by atoms with van der Waals surface area (Å²) in [5.41, 5.74) is 5.09. The number of likely N-dealkylation sites (tertiary alicyclic amines) is 1. The average molecular weight is 225 g/mol. The van der Waals surface area contributed by atoms with Gasteiger partial charge in [0.15, 0.2) is 0 Å². The lowest BCUT2D eigenvalue weighted by atomic mass is 9.94. The van der Waals surface area contributed by atoms with Crippen LogP contribution >= 0.6 is 0 Å². The minimum atomic E-state index is -0.504. The molecule has 16 heavy (non-hydrogen) atoms. The molecule has 3 N–H and O–H groups in total. The molecule has 2 aliphatic rings. The molecule has 4 heteroatoms. The van der Waals surface area contributed by atoms with Crippen LogP contribution in [-0.2, 0) is 4.79 Å². The largest absolute Gasteiger partial charge is 0.368 e. The lowest BCUT2D eigenvalue weighted by Crippen LogP contribution is -2.59. The quantitative estimate of drug-likeness (QED) is 0.731. The molecule has 2 unspecified atom stereocenters. The monoisotopic (exact) mass is 225 g/mol. The van der Waals surface area contributed by atoms with Crippen LogP contribution in [0.15, 0.2) is 0 Å². The molecule has 1 heterocycles. The van der Waals surface area contributed by atoms with Crippen molar-refractivity contribution in [2.45, 2.75) is 63.7 Å². The first-order chi connectivity index (χ1) is 7.44. The van der Waals surface area contributed by atoms with E-state index in [1.807, 2.05) is 0 Å². The smallest absolute Gasteiger partial charge is 0.239 e. The van der Waals surface area contributed by atoms with Gasteiger partial charge in [-0.25, -0.2) is 0 Å². The maximum absolute atomic E-state index is 11.7. The van der Waals surface area contributed by atoms with Gasteiger partial charge in [0, 0.05) is 24.7 Å². The fourth-order valence-corrected chi connectivity index (χ4v) is 2.96. The number of amides is 1. The first-order valence-corrected chi connectivity index (χ1v) is 6.28. The molecule has 1 amide bonds. The Balaban J connectivity index is 2.12. The van der Waals surface area contributed by atoms with E-state index < -0.39 is 5.54 Å². The average Bonchev–Trinajstić information content (AvgIpc) is 2.91. The summed E-state index contributed by atoms with van der Waals surface area (Å²) in [7, 11) is 0. The van der Waals surface area contributed by atoms with E-state index in [0.717, 1.165) is 13.0 Å². The van der Waals surface area contributed by atoms with Crippen LogP contribution in [0.2, 0.25) is 0 Å². The van der Waals surface area contributed by atoms with E-state index in [2.05, 4.69) is 31.0 Å². The van der Waals surface area contributed by atoms with Gasteiger partial charge in [-0.3, -0.25) is 15.0 Å². The summed E-state index contributed by atoms with van der Waals surface area (Å²) >= 11 is 0. The number of hydrogen-bond acceptors (Lipinski definition) is 3. The minimum absolute atomic E-state index is 0.198. The summed E-state index contributed by atoms with van der Waals surface area (Å²) in [6.07, 6.45) is 3.40. The molecule has 0 aromatic carbocycles. The van der Waals surface area contributed by atoms with Gasteiger partial charge in [0.2, 0.25) is 5.91 Å². The molecule has 2 rings (SSSR count). The van der Waals surface area contributed by atoms with Crippen LogP contribution < -0.4 is 11.1 Å². The second-order valence-corrected chi connectivity index (χ2v) is 5.70. The van der Waals surface area contributed by atoms with Crippen molar-refractivity contribution in [2.75, 3.05) is 6.54 Å². The third kappa shape index (κ3) is 2.09. The van der Waals surface area contributed by atoms with Crippen molar-refractivity contribution in [3.05, 3.63) is 0 Å². The highest BCUT2D eigenvalue weighted by atomic mass is 16.1. The molecular formula is C12H23N3O. The van der Waals surface area contributed by atoms with Crippen LogP contribution in [0, 0.1) is 0 Å². The molecule has 1 saturated heterocycles. The molecule has 92 valence electrons. The second kappa shape index (κ2) is 4.00. The summed E-state index contributed by atoms with van der Waals surface area (Å²) in [6.45, 7) is 7.11. The minimum Gasteiger partial charge on any atom is -0.368 e. The van der Waals surface area contributed by atoms with Crippen LogP contribution in [0.4, 0.5) is 0 Å². The zero-order valence-corrected chi connectivity index (χ0v) is 10.5. The van der Waals surface area contributed by atoms with Gasteiger partial charge >= 0.3 is 0 Å². The first-order valence-electron chi connectivity index (χ1n) is 6.28. The Kier molecular flexibility index (Phi) is 2.97. The molecule has 2 fully saturated rings. The van der Waals surface area contributed by atoms with Crippen molar-refractivity contribution < 1.29 is 4.79 Å². The number of nitrogens with one attached hydrogen (secondary N) is 1. The fourth-order valence-electron chi connectivity index (χ4n) is 2.96. The number of nitrogens with zero attached hydrogens (tertiary/aromatic N) is 1. The highest BCUT2D eigenvalue weighted by Gasteiger charge is 2.50. The molecule has 2 atom stereocenters. The number of carbonyl (C=O) groups is 1. The summed E-state index contributed by atoms with van der Waals surface area (Å²) in [4.78, 5) is 14.2. The molecule has 0 aromatic rings. The van der Waals surface area contributed by atoms with Crippen LogP contribution in [0.3, 0.4) is 0 Å². The van der Waals surface area contributed by atoms with Gasteiger partial charge in [-0.1, -0.05) is 0 Å². The number of carbonyl (C=O) groups excluding carboxylic acids is 1. The van der Waals surface area contributed by atoms with Gasteiger partial charge < -0.3 is 5.73 Å². The molecule has 0 aromatic heterocycles. The standard InChI is InChI=1S/C12H23N3O/c1-8(2)14-12(11(13)16)6-9(3)15(7-12)10-4-5-10/h8-10,14H,4-7H2,1-3H3,(H2,13,16). The molecule has 0 spiro atoms. The van der Waals surface area contributed by atoms with E-state index >= 15 is 0 Å². The third-order valence-corrected chi connectivity index (χ3v) is 3.72. The fraction of sp³-hybridized carbons (Fsp3) is 0.917. The maximum atomic E-state index is 11.7. The van der Waals surface area contributed by atoms with E-state index in [4.69, 9.17) is 5.73 Å². The van der Waals surface area contributed by atoms with Crippen LogP contribution in [0.1, 0.15) is 40.0 Å². The predicted octanol–water partition coefficient (Wildman–Crippen LogP) is 0.465. The number of primary amides is 1. The third-order valence-electron chi connectivity index (χ3n) is 3.72. The molecule has 0 radical (unpaired) electrons. The van der Waals surface area contributed by atoms with Crippen molar-refractivity contribution in [1.29, 1.82) is 0 Å². The zero-order valence-electron chi connectivity index (χ0n) is 10.5. The topological polar surface area (TPSA) is 58.4 Å². The summed E-state index contributed by atoms with van der Waals surface area (Å²) in [6, 6.07) is 1.45. The van der Waals surface area contributed by atoms with Crippen molar-refractivity contribution in [2.24, 2.45) is 5.73 Å². The Labute approximate surface area is 97.6 Å². The normalized spacial score (nSPS) is 35.9. The van der Waals surface area contributed by atoms with Gasteiger partial charge in [0.1, 0.15) is 5.54 Å². The van der Waals surface area contributed by atoms with Crippen LogP contribution in [-0.4, -0.2) is 41.0 Å². The van der Waals surface area contributed by atoms with Gasteiger partial charge in [0.25, 0.3) is 0 Å². The van der Waals surface area contributed by atoms with E-state index in [0.29, 0.717) is 18.1 Å². The highest BCUT2D eigenvalue weighted by molar-refractivity contribution is 5.85. The SMILES string of the molecule is CC(C)NC1(C(N)=O)CC(C)N(C2CC2)C1. The summed E-state index contributed by atoms with van der Waals surface area (Å²) in [5.74, 6) is -0.198. The van der Waals surface area contributed by atoms with Crippen LogP contribution in [0.5, 0.6) is 0 Å².